The van der Waals surface area contributed by atoms with E-state index < -0.39 is 17.1 Å². The predicted molar refractivity (Wildman–Crippen MR) is 51.9 cm³/mol. The number of nitrogens with two attached hydrogens (primary N) is 1. The van der Waals surface area contributed by atoms with Gasteiger partial charge in [-0.15, -0.1) is 11.6 Å². The third-order valence-corrected chi connectivity index (χ3v) is 2.42. The standard InChI is InChI=1S/C8H6BrClFNO/c9-4-1-2-6(11)5(3-4)7(10)8(12)13/h1-3,7H,(H2,12,13). The lowest BCUT2D eigenvalue weighted by molar-refractivity contribution is -0.117. The van der Waals surface area contributed by atoms with Gasteiger partial charge in [-0.25, -0.2) is 4.39 Å². The monoisotopic (exact) mass is 265 g/mol. The van der Waals surface area contributed by atoms with Crippen LogP contribution in [0.3, 0.4) is 0 Å². The van der Waals surface area contributed by atoms with Crippen LogP contribution in [-0.2, 0) is 4.79 Å². The average Bonchev–Trinajstić information content (AvgIpc) is 2.08. The Morgan fingerprint density at radius 2 is 2.23 bits per heavy atom. The fourth-order valence-electron chi connectivity index (χ4n) is 0.862. The third kappa shape index (κ3) is 2.42. The molecule has 1 rings (SSSR count). The third-order valence-electron chi connectivity index (χ3n) is 1.48. The van der Waals surface area contributed by atoms with Crippen molar-refractivity contribution < 1.29 is 9.18 Å². The second-order valence-electron chi connectivity index (χ2n) is 2.43. The van der Waals surface area contributed by atoms with E-state index in [1.807, 2.05) is 0 Å². The number of alkyl halides is 1. The molecule has 0 radical (unpaired) electrons. The maximum absolute atomic E-state index is 13.1. The molecule has 1 aromatic carbocycles. The molecule has 0 spiro atoms. The first-order valence-electron chi connectivity index (χ1n) is 3.40. The van der Waals surface area contributed by atoms with Crippen molar-refractivity contribution >= 4 is 33.4 Å². The number of primary amides is 1. The SMILES string of the molecule is NC(=O)C(Cl)c1cc(Br)ccc1F. The Bertz CT molecular complexity index is 345. The summed E-state index contributed by atoms with van der Waals surface area (Å²) in [6.45, 7) is 0. The van der Waals surface area contributed by atoms with E-state index in [0.29, 0.717) is 4.47 Å². The van der Waals surface area contributed by atoms with Crippen LogP contribution in [0, 0.1) is 5.82 Å². The molecule has 1 unspecified atom stereocenters. The summed E-state index contributed by atoms with van der Waals surface area (Å²) in [5.74, 6) is -1.30. The zero-order valence-electron chi connectivity index (χ0n) is 6.43. The van der Waals surface area contributed by atoms with Crippen molar-refractivity contribution in [2.75, 3.05) is 0 Å². The van der Waals surface area contributed by atoms with E-state index in [4.69, 9.17) is 17.3 Å². The van der Waals surface area contributed by atoms with Crippen LogP contribution in [-0.4, -0.2) is 5.91 Å². The summed E-state index contributed by atoms with van der Waals surface area (Å²) in [5, 5.41) is -1.13. The van der Waals surface area contributed by atoms with Gasteiger partial charge in [-0.2, -0.15) is 0 Å². The van der Waals surface area contributed by atoms with Gasteiger partial charge in [0.2, 0.25) is 5.91 Å². The Balaban J connectivity index is 3.12. The molecule has 1 amide bonds. The quantitative estimate of drug-likeness (QED) is 0.821. The summed E-state index contributed by atoms with van der Waals surface area (Å²) in [7, 11) is 0. The van der Waals surface area contributed by atoms with E-state index in [-0.39, 0.29) is 5.56 Å². The molecule has 2 N–H and O–H groups in total. The fourth-order valence-corrected chi connectivity index (χ4v) is 1.41. The zero-order chi connectivity index (χ0) is 10.0. The van der Waals surface area contributed by atoms with Crippen molar-refractivity contribution in [2.24, 2.45) is 5.73 Å². The van der Waals surface area contributed by atoms with Crippen molar-refractivity contribution in [2.45, 2.75) is 5.38 Å². The minimum absolute atomic E-state index is 0.0866. The number of amides is 1. The molecule has 1 atom stereocenters. The van der Waals surface area contributed by atoms with Gasteiger partial charge in [-0.3, -0.25) is 4.79 Å². The molecule has 0 aliphatic rings. The summed E-state index contributed by atoms with van der Waals surface area (Å²) in [6, 6.07) is 4.17. The largest absolute Gasteiger partial charge is 0.368 e. The summed E-state index contributed by atoms with van der Waals surface area (Å²) < 4.78 is 13.7. The van der Waals surface area contributed by atoms with Crippen molar-refractivity contribution in [3.05, 3.63) is 34.1 Å². The van der Waals surface area contributed by atoms with Crippen LogP contribution in [0.2, 0.25) is 0 Å². The van der Waals surface area contributed by atoms with Crippen LogP contribution >= 0.6 is 27.5 Å². The second kappa shape index (κ2) is 4.07. The fraction of sp³-hybridized carbons (Fsp3) is 0.125. The van der Waals surface area contributed by atoms with Gasteiger partial charge in [0.05, 0.1) is 0 Å². The Morgan fingerprint density at radius 3 is 2.77 bits per heavy atom. The van der Waals surface area contributed by atoms with Gasteiger partial charge in [0.25, 0.3) is 0 Å². The molecule has 0 aliphatic heterocycles. The lowest BCUT2D eigenvalue weighted by Gasteiger charge is -2.06. The molecular weight excluding hydrogens is 260 g/mol. The molecule has 0 saturated carbocycles. The molecular formula is C8H6BrClFNO. The van der Waals surface area contributed by atoms with Crippen LogP contribution in [0.25, 0.3) is 0 Å². The molecule has 0 aromatic heterocycles. The molecule has 0 fully saturated rings. The second-order valence-corrected chi connectivity index (χ2v) is 3.78. The maximum Gasteiger partial charge on any atom is 0.240 e. The maximum atomic E-state index is 13.1. The first kappa shape index (κ1) is 10.5. The van der Waals surface area contributed by atoms with Crippen molar-refractivity contribution in [1.82, 2.24) is 0 Å². The summed E-state index contributed by atoms with van der Waals surface area (Å²) in [4.78, 5) is 10.7. The van der Waals surface area contributed by atoms with Crippen LogP contribution < -0.4 is 5.73 Å². The smallest absolute Gasteiger partial charge is 0.240 e. The molecule has 0 saturated heterocycles. The van der Waals surface area contributed by atoms with Gasteiger partial charge in [-0.1, -0.05) is 15.9 Å². The Kier molecular flexibility index (Phi) is 3.27. The number of carbonyl (C=O) groups is 1. The first-order valence-corrected chi connectivity index (χ1v) is 4.63. The van der Waals surface area contributed by atoms with Gasteiger partial charge in [0.1, 0.15) is 11.2 Å². The number of hydrogen-bond donors (Lipinski definition) is 1. The zero-order valence-corrected chi connectivity index (χ0v) is 8.77. The molecule has 5 heteroatoms. The number of hydrogen-bond acceptors (Lipinski definition) is 1. The highest BCUT2D eigenvalue weighted by Crippen LogP contribution is 2.25. The van der Waals surface area contributed by atoms with E-state index in [1.54, 1.807) is 0 Å². The van der Waals surface area contributed by atoms with Gasteiger partial charge < -0.3 is 5.73 Å². The summed E-state index contributed by atoms with van der Waals surface area (Å²) in [6.07, 6.45) is 0. The number of benzene rings is 1. The Labute approximate surface area is 88.0 Å². The van der Waals surface area contributed by atoms with Crippen LogP contribution in [0.15, 0.2) is 22.7 Å². The Morgan fingerprint density at radius 1 is 1.62 bits per heavy atom. The number of halogens is 3. The van der Waals surface area contributed by atoms with E-state index >= 15 is 0 Å². The summed E-state index contributed by atoms with van der Waals surface area (Å²) in [5.41, 5.74) is 5.02. The minimum atomic E-state index is -1.13. The van der Waals surface area contributed by atoms with Gasteiger partial charge in [-0.05, 0) is 18.2 Å². The molecule has 0 bridgehead atoms. The van der Waals surface area contributed by atoms with Crippen LogP contribution in [0.1, 0.15) is 10.9 Å². The lowest BCUT2D eigenvalue weighted by Crippen LogP contribution is -2.17. The lowest BCUT2D eigenvalue weighted by atomic mass is 10.1. The highest BCUT2D eigenvalue weighted by atomic mass is 79.9. The number of carbonyl (C=O) groups excluding carboxylic acids is 1. The molecule has 2 nitrogen and oxygen atoms in total. The number of rotatable bonds is 2. The molecule has 0 aliphatic carbocycles. The van der Waals surface area contributed by atoms with Crippen molar-refractivity contribution in [3.8, 4) is 0 Å². The minimum Gasteiger partial charge on any atom is -0.368 e. The van der Waals surface area contributed by atoms with E-state index in [0.717, 1.165) is 0 Å². The van der Waals surface area contributed by atoms with E-state index in [1.165, 1.54) is 18.2 Å². The molecule has 13 heavy (non-hydrogen) atoms. The van der Waals surface area contributed by atoms with Gasteiger partial charge in [0, 0.05) is 10.0 Å². The predicted octanol–water partition coefficient (Wildman–Crippen LogP) is 2.35. The van der Waals surface area contributed by atoms with Crippen LogP contribution in [0.4, 0.5) is 4.39 Å². The topological polar surface area (TPSA) is 43.1 Å². The van der Waals surface area contributed by atoms with Gasteiger partial charge >= 0.3 is 0 Å². The van der Waals surface area contributed by atoms with Crippen molar-refractivity contribution in [3.63, 3.8) is 0 Å². The van der Waals surface area contributed by atoms with Gasteiger partial charge in [0.15, 0.2) is 0 Å². The van der Waals surface area contributed by atoms with E-state index in [2.05, 4.69) is 15.9 Å². The summed E-state index contributed by atoms with van der Waals surface area (Å²) >= 11 is 8.72. The first-order chi connectivity index (χ1) is 6.02. The molecule has 1 aromatic rings. The van der Waals surface area contributed by atoms with E-state index in [9.17, 15) is 9.18 Å². The molecule has 70 valence electrons. The molecule has 0 heterocycles. The van der Waals surface area contributed by atoms with Crippen molar-refractivity contribution in [1.29, 1.82) is 0 Å². The highest BCUT2D eigenvalue weighted by molar-refractivity contribution is 9.10. The van der Waals surface area contributed by atoms with Crippen LogP contribution in [0.5, 0.6) is 0 Å². The highest BCUT2D eigenvalue weighted by Gasteiger charge is 2.18. The normalized spacial score (nSPS) is 12.5. The average molecular weight is 266 g/mol. The Hall–Kier alpha value is -0.610.